The van der Waals surface area contributed by atoms with Crippen molar-refractivity contribution in [1.29, 1.82) is 0 Å². The third-order valence-corrected chi connectivity index (χ3v) is 1.75. The van der Waals surface area contributed by atoms with Gasteiger partial charge in [0.25, 0.3) is 0 Å². The fraction of sp³-hybridized carbons (Fsp3) is 0.333. The number of benzene rings is 1. The maximum absolute atomic E-state index is 9.30. The van der Waals surface area contributed by atoms with Crippen molar-refractivity contribution in [3.8, 4) is 5.75 Å². The molecule has 0 aromatic heterocycles. The van der Waals surface area contributed by atoms with Crippen molar-refractivity contribution in [2.75, 3.05) is 12.4 Å². The van der Waals surface area contributed by atoms with E-state index in [2.05, 4.69) is 5.32 Å². The molecule has 0 fully saturated rings. The number of phenols is 1. The molecule has 0 spiro atoms. The lowest BCUT2D eigenvalue weighted by molar-refractivity contribution is 0.469. The molecule has 0 radical (unpaired) electrons. The molecular weight excluding hydrogens is 138 g/mol. The van der Waals surface area contributed by atoms with Gasteiger partial charge in [-0.15, -0.1) is 0 Å². The van der Waals surface area contributed by atoms with Gasteiger partial charge >= 0.3 is 0 Å². The molecule has 11 heavy (non-hydrogen) atoms. The first-order valence-corrected chi connectivity index (χ1v) is 3.77. The fourth-order valence-corrected chi connectivity index (χ4v) is 1.02. The van der Waals surface area contributed by atoms with Gasteiger partial charge in [-0.1, -0.05) is 6.92 Å². The molecule has 2 heteroatoms. The van der Waals surface area contributed by atoms with E-state index in [-0.39, 0.29) is 0 Å². The molecule has 1 aromatic rings. The van der Waals surface area contributed by atoms with Gasteiger partial charge in [0.1, 0.15) is 5.75 Å². The van der Waals surface area contributed by atoms with Crippen molar-refractivity contribution in [3.05, 3.63) is 23.8 Å². The number of hydrogen-bond acceptors (Lipinski definition) is 2. The van der Waals surface area contributed by atoms with E-state index < -0.39 is 0 Å². The lowest BCUT2D eigenvalue weighted by Gasteiger charge is -2.04. The van der Waals surface area contributed by atoms with E-state index in [1.54, 1.807) is 6.07 Å². The van der Waals surface area contributed by atoms with Crippen LogP contribution in [0.15, 0.2) is 18.2 Å². The maximum atomic E-state index is 9.30. The van der Waals surface area contributed by atoms with Gasteiger partial charge in [-0.05, 0) is 30.2 Å². The third-order valence-electron chi connectivity index (χ3n) is 1.75. The predicted molar refractivity (Wildman–Crippen MR) is 47.0 cm³/mol. The van der Waals surface area contributed by atoms with E-state index in [4.69, 9.17) is 0 Å². The molecule has 2 nitrogen and oxygen atoms in total. The van der Waals surface area contributed by atoms with Crippen LogP contribution in [0.25, 0.3) is 0 Å². The minimum atomic E-state index is 0.381. The molecule has 0 atom stereocenters. The van der Waals surface area contributed by atoms with E-state index in [0.29, 0.717) is 5.75 Å². The molecule has 1 rings (SSSR count). The van der Waals surface area contributed by atoms with Crippen LogP contribution in [-0.2, 0) is 6.42 Å². The number of rotatable bonds is 2. The summed E-state index contributed by atoms with van der Waals surface area (Å²) in [6, 6.07) is 5.52. The maximum Gasteiger partial charge on any atom is 0.118 e. The summed E-state index contributed by atoms with van der Waals surface area (Å²) >= 11 is 0. The van der Waals surface area contributed by atoms with Gasteiger partial charge in [0.05, 0.1) is 0 Å². The van der Waals surface area contributed by atoms with Crippen LogP contribution in [0.4, 0.5) is 5.69 Å². The number of aromatic hydroxyl groups is 1. The summed E-state index contributed by atoms with van der Waals surface area (Å²) in [5.74, 6) is 0.381. The second kappa shape index (κ2) is 3.28. The topological polar surface area (TPSA) is 32.3 Å². The van der Waals surface area contributed by atoms with Gasteiger partial charge in [0.2, 0.25) is 0 Å². The Kier molecular flexibility index (Phi) is 2.36. The Bertz CT molecular complexity index is 245. The average Bonchev–Trinajstić information content (AvgIpc) is 2.05. The SMILES string of the molecule is CCc1cc(NC)ccc1O. The molecule has 0 unspecified atom stereocenters. The molecule has 0 heterocycles. The first-order chi connectivity index (χ1) is 5.27. The predicted octanol–water partition coefficient (Wildman–Crippen LogP) is 2.00. The molecule has 0 aliphatic rings. The van der Waals surface area contributed by atoms with Crippen molar-refractivity contribution < 1.29 is 5.11 Å². The Morgan fingerprint density at radius 1 is 1.45 bits per heavy atom. The number of anilines is 1. The number of hydrogen-bond donors (Lipinski definition) is 2. The minimum Gasteiger partial charge on any atom is -0.508 e. The van der Waals surface area contributed by atoms with Crippen molar-refractivity contribution >= 4 is 5.69 Å². The van der Waals surface area contributed by atoms with Crippen LogP contribution in [0.5, 0.6) is 5.75 Å². The number of aryl methyl sites for hydroxylation is 1. The summed E-state index contributed by atoms with van der Waals surface area (Å²) in [5.41, 5.74) is 2.02. The lowest BCUT2D eigenvalue weighted by atomic mass is 10.1. The summed E-state index contributed by atoms with van der Waals surface area (Å²) in [7, 11) is 1.87. The zero-order valence-electron chi connectivity index (χ0n) is 6.89. The molecule has 60 valence electrons. The van der Waals surface area contributed by atoms with Crippen molar-refractivity contribution in [2.24, 2.45) is 0 Å². The molecule has 2 N–H and O–H groups in total. The van der Waals surface area contributed by atoms with Crippen molar-refractivity contribution in [3.63, 3.8) is 0 Å². The van der Waals surface area contributed by atoms with Crippen LogP contribution < -0.4 is 5.32 Å². The standard InChI is InChI=1S/C9H13NO/c1-3-7-6-8(10-2)4-5-9(7)11/h4-6,10-11H,3H2,1-2H3. The van der Waals surface area contributed by atoms with Gasteiger partial charge < -0.3 is 10.4 Å². The van der Waals surface area contributed by atoms with Gasteiger partial charge in [0, 0.05) is 12.7 Å². The van der Waals surface area contributed by atoms with E-state index in [1.165, 1.54) is 0 Å². The summed E-state index contributed by atoms with van der Waals surface area (Å²) in [6.45, 7) is 2.02. The van der Waals surface area contributed by atoms with Crippen LogP contribution in [-0.4, -0.2) is 12.2 Å². The van der Waals surface area contributed by atoms with Gasteiger partial charge in [-0.25, -0.2) is 0 Å². The molecule has 0 bridgehead atoms. The third kappa shape index (κ3) is 1.64. The highest BCUT2D eigenvalue weighted by molar-refractivity contribution is 5.50. The average molecular weight is 151 g/mol. The van der Waals surface area contributed by atoms with Gasteiger partial charge in [-0.3, -0.25) is 0 Å². The quantitative estimate of drug-likeness (QED) is 0.633. The summed E-state index contributed by atoms with van der Waals surface area (Å²) < 4.78 is 0. The lowest BCUT2D eigenvalue weighted by Crippen LogP contribution is -1.89. The van der Waals surface area contributed by atoms with Gasteiger partial charge in [-0.2, -0.15) is 0 Å². The highest BCUT2D eigenvalue weighted by atomic mass is 16.3. The molecule has 1 aromatic carbocycles. The number of nitrogens with one attached hydrogen (secondary N) is 1. The second-order valence-corrected chi connectivity index (χ2v) is 2.45. The molecule has 0 aliphatic carbocycles. The summed E-state index contributed by atoms with van der Waals surface area (Å²) in [6.07, 6.45) is 0.862. The zero-order valence-corrected chi connectivity index (χ0v) is 6.89. The molecule has 0 saturated heterocycles. The summed E-state index contributed by atoms with van der Waals surface area (Å²) in [4.78, 5) is 0. The van der Waals surface area contributed by atoms with Crippen LogP contribution >= 0.6 is 0 Å². The van der Waals surface area contributed by atoms with E-state index in [0.717, 1.165) is 17.7 Å². The largest absolute Gasteiger partial charge is 0.508 e. The van der Waals surface area contributed by atoms with E-state index in [1.807, 2.05) is 26.1 Å². The van der Waals surface area contributed by atoms with Crippen LogP contribution in [0, 0.1) is 0 Å². The van der Waals surface area contributed by atoms with Crippen LogP contribution in [0.3, 0.4) is 0 Å². The van der Waals surface area contributed by atoms with E-state index >= 15 is 0 Å². The second-order valence-electron chi connectivity index (χ2n) is 2.45. The first kappa shape index (κ1) is 7.92. The normalized spacial score (nSPS) is 9.64. The monoisotopic (exact) mass is 151 g/mol. The van der Waals surface area contributed by atoms with E-state index in [9.17, 15) is 5.11 Å². The molecule has 0 saturated carbocycles. The molecular formula is C9H13NO. The van der Waals surface area contributed by atoms with Crippen LogP contribution in [0.2, 0.25) is 0 Å². The molecule has 0 aliphatic heterocycles. The highest BCUT2D eigenvalue weighted by Crippen LogP contribution is 2.21. The Hall–Kier alpha value is -1.18. The van der Waals surface area contributed by atoms with Crippen molar-refractivity contribution in [1.82, 2.24) is 0 Å². The highest BCUT2D eigenvalue weighted by Gasteiger charge is 1.97. The fourth-order valence-electron chi connectivity index (χ4n) is 1.02. The van der Waals surface area contributed by atoms with Gasteiger partial charge in [0.15, 0.2) is 0 Å². The Morgan fingerprint density at radius 3 is 2.73 bits per heavy atom. The van der Waals surface area contributed by atoms with Crippen molar-refractivity contribution in [2.45, 2.75) is 13.3 Å². The Morgan fingerprint density at radius 2 is 2.18 bits per heavy atom. The minimum absolute atomic E-state index is 0.381. The Balaban J connectivity index is 3.02. The van der Waals surface area contributed by atoms with Crippen LogP contribution in [0.1, 0.15) is 12.5 Å². The first-order valence-electron chi connectivity index (χ1n) is 3.77. The molecule has 0 amide bonds. The zero-order chi connectivity index (χ0) is 8.27. The Labute approximate surface area is 66.9 Å². The summed E-state index contributed by atoms with van der Waals surface area (Å²) in [5, 5.41) is 12.3. The smallest absolute Gasteiger partial charge is 0.118 e. The number of phenolic OH excluding ortho intramolecular Hbond substituents is 1.